The summed E-state index contributed by atoms with van der Waals surface area (Å²) in [6.07, 6.45) is 6.39. The molecule has 0 amide bonds. The molecule has 1 aliphatic carbocycles. The van der Waals surface area contributed by atoms with Crippen LogP contribution in [0.5, 0.6) is 0 Å². The first kappa shape index (κ1) is 31.2. The molecule has 2 unspecified atom stereocenters. The molecule has 0 aromatic heterocycles. The van der Waals surface area contributed by atoms with E-state index in [4.69, 9.17) is 8.85 Å². The van der Waals surface area contributed by atoms with E-state index in [1.54, 1.807) is 0 Å². The maximum absolute atomic E-state index is 13.4. The van der Waals surface area contributed by atoms with Crippen LogP contribution in [0.4, 0.5) is 0 Å². The van der Waals surface area contributed by atoms with E-state index in [0.29, 0.717) is 0 Å². The van der Waals surface area contributed by atoms with Crippen LogP contribution in [0.15, 0.2) is 66.2 Å². The van der Waals surface area contributed by atoms with Crippen LogP contribution in [0.2, 0.25) is 36.3 Å². The number of rotatable bonds is 8. The lowest BCUT2D eigenvalue weighted by Gasteiger charge is -2.45. The van der Waals surface area contributed by atoms with Crippen molar-refractivity contribution < 1.29 is 13.4 Å². The third-order valence-corrected chi connectivity index (χ3v) is 19.6. The minimum absolute atomic E-state index is 0.172. The summed E-state index contributed by atoms with van der Waals surface area (Å²) in [4.78, 5) is 0. The molecule has 2 aromatic rings. The number of benzene rings is 2. The quantitative estimate of drug-likeness (QED) is 0.181. The van der Waals surface area contributed by atoms with E-state index < -0.39 is 24.4 Å². The summed E-state index contributed by atoms with van der Waals surface area (Å²) in [5.41, 5.74) is 2.55. The van der Waals surface area contributed by atoms with E-state index in [2.05, 4.69) is 85.9 Å². The molecule has 1 saturated carbocycles. The van der Waals surface area contributed by atoms with Crippen molar-refractivity contribution in [2.24, 2.45) is 0 Å². The van der Waals surface area contributed by atoms with Gasteiger partial charge in [-0.2, -0.15) is 0 Å². The van der Waals surface area contributed by atoms with Crippen molar-refractivity contribution in [3.63, 3.8) is 0 Å². The molecule has 0 aliphatic heterocycles. The van der Waals surface area contributed by atoms with Gasteiger partial charge in [0.15, 0.2) is 27.2 Å². The van der Waals surface area contributed by atoms with Crippen molar-refractivity contribution in [3.05, 3.63) is 71.8 Å². The van der Waals surface area contributed by atoms with Gasteiger partial charge in [-0.3, -0.25) is 0 Å². The predicted octanol–water partition coefficient (Wildman–Crippen LogP) is 8.90. The largest absolute Gasteiger partial charge is 0.415 e. The molecule has 0 spiro atoms. The Balaban J connectivity index is 1.87. The first-order valence-electron chi connectivity index (χ1n) is 14.1. The van der Waals surface area contributed by atoms with Crippen LogP contribution in [0.25, 0.3) is 0 Å². The first-order valence-corrected chi connectivity index (χ1v) is 21.2. The molecule has 1 aliphatic rings. The summed E-state index contributed by atoms with van der Waals surface area (Å²) in [6, 6.07) is 18.0. The van der Waals surface area contributed by atoms with Gasteiger partial charge in [-0.15, -0.1) is 0 Å². The number of allylic oxidation sites excluding steroid dienone is 1. The maximum atomic E-state index is 13.4. The topological polar surface area (TPSA) is 35.5 Å². The van der Waals surface area contributed by atoms with E-state index in [0.717, 1.165) is 41.9 Å². The third kappa shape index (κ3) is 7.85. The number of hydrogen-bond acceptors (Lipinski definition) is 3. The second-order valence-electron chi connectivity index (χ2n) is 14.0. The van der Waals surface area contributed by atoms with Gasteiger partial charge in [-0.05, 0) is 80.1 Å². The normalized spacial score (nSPS) is 21.0. The monoisotopic (exact) mass is 569 g/mol. The van der Waals surface area contributed by atoms with Crippen LogP contribution in [-0.4, -0.2) is 28.8 Å². The lowest BCUT2D eigenvalue weighted by atomic mass is 9.89. The molecule has 1 fully saturated rings. The lowest BCUT2D eigenvalue weighted by Crippen LogP contribution is -2.48. The highest BCUT2D eigenvalue weighted by Crippen LogP contribution is 2.43. The SMILES string of the molecule is CC(C)(C)[Si](C)(C)OC1CC(=CCc2ccccc2[P+](=O)c2ccccc2)C[C@H](O[Si](C)(C)C(C)(C)C)C1. The first-order chi connectivity index (χ1) is 17.5. The Bertz CT molecular complexity index is 1090. The Morgan fingerprint density at radius 3 is 1.76 bits per heavy atom. The molecular weight excluding hydrogens is 519 g/mol. The van der Waals surface area contributed by atoms with Crippen LogP contribution in [0.1, 0.15) is 66.4 Å². The van der Waals surface area contributed by atoms with Crippen LogP contribution >= 0.6 is 7.80 Å². The minimum Gasteiger partial charge on any atom is -0.414 e. The second kappa shape index (κ2) is 12.0. The van der Waals surface area contributed by atoms with E-state index in [9.17, 15) is 4.57 Å². The fourth-order valence-electron chi connectivity index (χ4n) is 4.50. The molecule has 38 heavy (non-hydrogen) atoms. The van der Waals surface area contributed by atoms with Crippen molar-refractivity contribution >= 4 is 35.0 Å². The van der Waals surface area contributed by atoms with Gasteiger partial charge in [0.2, 0.25) is 0 Å². The molecule has 0 bridgehead atoms. The zero-order chi connectivity index (χ0) is 28.4. The van der Waals surface area contributed by atoms with Crippen LogP contribution in [0, 0.1) is 0 Å². The summed E-state index contributed by atoms with van der Waals surface area (Å²) < 4.78 is 27.3. The molecule has 3 nitrogen and oxygen atoms in total. The van der Waals surface area contributed by atoms with Gasteiger partial charge in [0.1, 0.15) is 0 Å². The molecular formula is C32H50O3PSi2+. The molecule has 0 radical (unpaired) electrons. The van der Waals surface area contributed by atoms with E-state index in [-0.39, 0.29) is 22.3 Å². The highest BCUT2D eigenvalue weighted by atomic mass is 31.1. The highest BCUT2D eigenvalue weighted by molar-refractivity contribution is 7.61. The number of hydrogen-bond donors (Lipinski definition) is 0. The predicted molar refractivity (Wildman–Crippen MR) is 170 cm³/mol. The van der Waals surface area contributed by atoms with Gasteiger partial charge in [-0.25, -0.2) is 0 Å². The Kier molecular flexibility index (Phi) is 9.86. The Morgan fingerprint density at radius 1 is 0.789 bits per heavy atom. The van der Waals surface area contributed by atoms with Gasteiger partial charge < -0.3 is 8.85 Å². The van der Waals surface area contributed by atoms with Crippen LogP contribution in [0.3, 0.4) is 0 Å². The Labute approximate surface area is 235 Å². The van der Waals surface area contributed by atoms with Crippen LogP contribution in [-0.2, 0) is 19.8 Å². The molecule has 3 rings (SSSR count). The molecule has 6 heteroatoms. The van der Waals surface area contributed by atoms with Gasteiger partial charge in [-0.1, -0.05) is 94.2 Å². The van der Waals surface area contributed by atoms with Crippen molar-refractivity contribution in [1.82, 2.24) is 0 Å². The van der Waals surface area contributed by atoms with E-state index in [1.165, 1.54) is 5.57 Å². The molecule has 0 saturated heterocycles. The second-order valence-corrected chi connectivity index (χ2v) is 25.1. The van der Waals surface area contributed by atoms with Crippen LogP contribution < -0.4 is 10.6 Å². The summed E-state index contributed by atoms with van der Waals surface area (Å²) in [5.74, 6) is 0. The third-order valence-electron chi connectivity index (χ3n) is 8.85. The molecule has 3 atom stereocenters. The fraction of sp³-hybridized carbons (Fsp3) is 0.562. The Hall–Kier alpha value is -1.37. The van der Waals surface area contributed by atoms with Gasteiger partial charge in [0, 0.05) is 5.56 Å². The van der Waals surface area contributed by atoms with Crippen molar-refractivity contribution in [1.29, 1.82) is 0 Å². The van der Waals surface area contributed by atoms with Crippen molar-refractivity contribution in [2.75, 3.05) is 0 Å². The molecule has 208 valence electrons. The standard InChI is InChI=1S/C32H50O3PSi2/c1-31(2,3)37(7,8)34-27-22-25(23-28(24-27)35-38(9,10)32(4,5)6)20-21-26-16-14-15-19-30(26)36(33)29-17-12-11-13-18-29/h11-20,27-28H,21-24H2,1-10H3/q+1/t27-,28?/m0/s1. The smallest absolute Gasteiger partial charge is 0.414 e. The van der Waals surface area contributed by atoms with Gasteiger partial charge in [0.05, 0.1) is 12.2 Å². The lowest BCUT2D eigenvalue weighted by molar-refractivity contribution is 0.0724. The average Bonchev–Trinajstić information content (AvgIpc) is 2.81. The average molecular weight is 570 g/mol. The molecule has 0 N–H and O–H groups in total. The highest BCUT2D eigenvalue weighted by Gasteiger charge is 2.43. The van der Waals surface area contributed by atoms with Crippen molar-refractivity contribution in [2.45, 2.75) is 116 Å². The summed E-state index contributed by atoms with van der Waals surface area (Å²) in [7, 11) is -5.43. The zero-order valence-electron chi connectivity index (χ0n) is 25.4. The zero-order valence-corrected chi connectivity index (χ0v) is 28.3. The van der Waals surface area contributed by atoms with Gasteiger partial charge >= 0.3 is 7.80 Å². The Morgan fingerprint density at radius 2 is 1.26 bits per heavy atom. The molecule has 2 aromatic carbocycles. The van der Waals surface area contributed by atoms with Gasteiger partial charge in [0.25, 0.3) is 0 Å². The summed E-state index contributed by atoms with van der Waals surface area (Å²) in [5, 5.41) is 2.16. The van der Waals surface area contributed by atoms with Crippen molar-refractivity contribution in [3.8, 4) is 0 Å². The molecule has 0 heterocycles. The minimum atomic E-state index is -1.91. The van der Waals surface area contributed by atoms with E-state index >= 15 is 0 Å². The fourth-order valence-corrected chi connectivity index (χ4v) is 8.60. The van der Waals surface area contributed by atoms with E-state index in [1.807, 2.05) is 42.5 Å². The summed E-state index contributed by atoms with van der Waals surface area (Å²) in [6.45, 7) is 23.3. The maximum Gasteiger partial charge on any atom is 0.415 e. The summed E-state index contributed by atoms with van der Waals surface area (Å²) >= 11 is 0.